The Bertz CT molecular complexity index is 486. The quantitative estimate of drug-likeness (QED) is 0.714. The Kier molecular flexibility index (Phi) is 11.1. The molecule has 0 aliphatic rings. The molecule has 0 bridgehead atoms. The SMILES string of the molecule is CNCC(C)C(=O)Nc1cccc(CS(=O)CCOC)c1.Cl. The fraction of sp³-hybridized carbons (Fsp3) is 0.533. The van der Waals surface area contributed by atoms with Crippen molar-refractivity contribution in [2.75, 3.05) is 38.4 Å². The fourth-order valence-corrected chi connectivity index (χ4v) is 2.89. The molecule has 22 heavy (non-hydrogen) atoms. The normalized spacial score (nSPS) is 13.0. The summed E-state index contributed by atoms with van der Waals surface area (Å²) in [6.45, 7) is 2.99. The lowest BCUT2D eigenvalue weighted by Crippen LogP contribution is -2.28. The second-order valence-electron chi connectivity index (χ2n) is 4.93. The third-order valence-corrected chi connectivity index (χ3v) is 4.27. The summed E-state index contributed by atoms with van der Waals surface area (Å²) in [5.41, 5.74) is 1.69. The zero-order valence-electron chi connectivity index (χ0n) is 13.3. The highest BCUT2D eigenvalue weighted by Crippen LogP contribution is 2.13. The van der Waals surface area contributed by atoms with E-state index in [4.69, 9.17) is 4.74 Å². The van der Waals surface area contributed by atoms with Crippen molar-refractivity contribution in [2.24, 2.45) is 5.92 Å². The summed E-state index contributed by atoms with van der Waals surface area (Å²) in [5, 5.41) is 5.86. The topological polar surface area (TPSA) is 67.4 Å². The predicted molar refractivity (Wildman–Crippen MR) is 94.0 cm³/mol. The number of amides is 1. The first-order valence-electron chi connectivity index (χ1n) is 6.95. The number of hydrogen-bond donors (Lipinski definition) is 2. The highest BCUT2D eigenvalue weighted by molar-refractivity contribution is 7.84. The van der Waals surface area contributed by atoms with Gasteiger partial charge in [-0.25, -0.2) is 0 Å². The minimum Gasteiger partial charge on any atom is -0.384 e. The summed E-state index contributed by atoms with van der Waals surface area (Å²) in [5.74, 6) is 0.863. The molecule has 0 heterocycles. The second kappa shape index (κ2) is 11.6. The first kappa shape index (κ1) is 21.0. The Morgan fingerprint density at radius 2 is 2.14 bits per heavy atom. The van der Waals surface area contributed by atoms with Crippen molar-refractivity contribution in [1.82, 2.24) is 5.32 Å². The van der Waals surface area contributed by atoms with E-state index in [1.165, 1.54) is 0 Å². The third kappa shape index (κ3) is 7.89. The molecule has 0 aliphatic carbocycles. The molecule has 0 aliphatic heterocycles. The van der Waals surface area contributed by atoms with Gasteiger partial charge >= 0.3 is 0 Å². The number of ether oxygens (including phenoxy) is 1. The van der Waals surface area contributed by atoms with Crippen LogP contribution >= 0.6 is 12.4 Å². The number of anilines is 1. The van der Waals surface area contributed by atoms with Crippen LogP contribution in [0, 0.1) is 5.92 Å². The van der Waals surface area contributed by atoms with Crippen LogP contribution in [0.15, 0.2) is 24.3 Å². The van der Waals surface area contributed by atoms with Crippen molar-refractivity contribution < 1.29 is 13.7 Å². The van der Waals surface area contributed by atoms with Crippen LogP contribution in [0.5, 0.6) is 0 Å². The summed E-state index contributed by atoms with van der Waals surface area (Å²) in [6.07, 6.45) is 0. The Morgan fingerprint density at radius 3 is 2.77 bits per heavy atom. The number of benzene rings is 1. The van der Waals surface area contributed by atoms with Gasteiger partial charge in [0.2, 0.25) is 5.91 Å². The van der Waals surface area contributed by atoms with Gasteiger partial charge in [0.1, 0.15) is 0 Å². The molecule has 0 saturated carbocycles. The van der Waals surface area contributed by atoms with Crippen molar-refractivity contribution in [3.05, 3.63) is 29.8 Å². The van der Waals surface area contributed by atoms with Gasteiger partial charge in [0, 0.05) is 47.6 Å². The van der Waals surface area contributed by atoms with E-state index in [1.807, 2.05) is 38.2 Å². The molecule has 0 fully saturated rings. The lowest BCUT2D eigenvalue weighted by Gasteiger charge is -2.12. The molecule has 0 aromatic heterocycles. The smallest absolute Gasteiger partial charge is 0.228 e. The van der Waals surface area contributed by atoms with Gasteiger partial charge in [0.05, 0.1) is 6.61 Å². The molecule has 1 aromatic carbocycles. The molecule has 1 amide bonds. The van der Waals surface area contributed by atoms with Gasteiger partial charge in [-0.2, -0.15) is 0 Å². The van der Waals surface area contributed by atoms with Gasteiger partial charge in [-0.3, -0.25) is 9.00 Å². The van der Waals surface area contributed by atoms with E-state index in [9.17, 15) is 9.00 Å². The summed E-state index contributed by atoms with van der Waals surface area (Å²) < 4.78 is 16.8. The van der Waals surface area contributed by atoms with Gasteiger partial charge in [-0.15, -0.1) is 12.4 Å². The highest BCUT2D eigenvalue weighted by Gasteiger charge is 2.12. The van der Waals surface area contributed by atoms with Crippen LogP contribution in [0.25, 0.3) is 0 Å². The number of carbonyl (C=O) groups excluding carboxylic acids is 1. The number of carbonyl (C=O) groups is 1. The summed E-state index contributed by atoms with van der Waals surface area (Å²) in [6, 6.07) is 7.48. The van der Waals surface area contributed by atoms with E-state index in [-0.39, 0.29) is 24.2 Å². The average Bonchev–Trinajstić information content (AvgIpc) is 2.45. The minimum absolute atomic E-state index is 0. The standard InChI is InChI=1S/C15H24N2O3S.ClH/c1-12(10-16-2)15(18)17-14-6-4-5-13(9-14)11-21(19)8-7-20-3;/h4-6,9,12,16H,7-8,10-11H2,1-3H3,(H,17,18);1H. The predicted octanol–water partition coefficient (Wildman–Crippen LogP) is 1.80. The Morgan fingerprint density at radius 1 is 1.41 bits per heavy atom. The minimum atomic E-state index is -0.951. The van der Waals surface area contributed by atoms with Crippen molar-refractivity contribution in [1.29, 1.82) is 0 Å². The molecule has 2 unspecified atom stereocenters. The van der Waals surface area contributed by atoms with Gasteiger partial charge in [-0.05, 0) is 24.7 Å². The molecular formula is C15H25ClN2O3S. The molecule has 2 atom stereocenters. The van der Waals surface area contributed by atoms with Crippen molar-refractivity contribution in [2.45, 2.75) is 12.7 Å². The van der Waals surface area contributed by atoms with E-state index in [0.717, 1.165) is 11.3 Å². The molecule has 126 valence electrons. The van der Waals surface area contributed by atoms with E-state index < -0.39 is 10.8 Å². The van der Waals surface area contributed by atoms with Crippen LogP contribution in [-0.2, 0) is 26.1 Å². The average molecular weight is 349 g/mol. The third-order valence-electron chi connectivity index (χ3n) is 3.00. The van der Waals surface area contributed by atoms with Crippen LogP contribution in [-0.4, -0.2) is 43.2 Å². The van der Waals surface area contributed by atoms with E-state index in [0.29, 0.717) is 24.7 Å². The summed E-state index contributed by atoms with van der Waals surface area (Å²) in [4.78, 5) is 11.9. The van der Waals surface area contributed by atoms with Gasteiger partial charge in [0.25, 0.3) is 0 Å². The zero-order valence-corrected chi connectivity index (χ0v) is 14.9. The van der Waals surface area contributed by atoms with Crippen molar-refractivity contribution in [3.63, 3.8) is 0 Å². The van der Waals surface area contributed by atoms with Crippen LogP contribution in [0.2, 0.25) is 0 Å². The van der Waals surface area contributed by atoms with E-state index in [2.05, 4.69) is 10.6 Å². The maximum atomic E-state index is 11.9. The van der Waals surface area contributed by atoms with Crippen LogP contribution in [0.1, 0.15) is 12.5 Å². The number of nitrogens with one attached hydrogen (secondary N) is 2. The Balaban J connectivity index is 0.00000441. The maximum Gasteiger partial charge on any atom is 0.228 e. The number of hydrogen-bond acceptors (Lipinski definition) is 4. The van der Waals surface area contributed by atoms with E-state index >= 15 is 0 Å². The Labute approximate surface area is 141 Å². The molecule has 0 spiro atoms. The summed E-state index contributed by atoms with van der Waals surface area (Å²) >= 11 is 0. The first-order chi connectivity index (χ1) is 10.1. The monoisotopic (exact) mass is 348 g/mol. The molecular weight excluding hydrogens is 324 g/mol. The molecule has 1 rings (SSSR count). The van der Waals surface area contributed by atoms with Gasteiger partial charge in [-0.1, -0.05) is 19.1 Å². The molecule has 5 nitrogen and oxygen atoms in total. The van der Waals surface area contributed by atoms with Crippen LogP contribution in [0.4, 0.5) is 5.69 Å². The maximum absolute atomic E-state index is 11.9. The van der Waals surface area contributed by atoms with Crippen molar-refractivity contribution in [3.8, 4) is 0 Å². The number of methoxy groups -OCH3 is 1. The molecule has 7 heteroatoms. The largest absolute Gasteiger partial charge is 0.384 e. The lowest BCUT2D eigenvalue weighted by atomic mass is 10.1. The fourth-order valence-electron chi connectivity index (χ4n) is 1.84. The van der Waals surface area contributed by atoms with Crippen LogP contribution < -0.4 is 10.6 Å². The van der Waals surface area contributed by atoms with Crippen LogP contribution in [0.3, 0.4) is 0 Å². The lowest BCUT2D eigenvalue weighted by molar-refractivity contribution is -0.119. The number of rotatable bonds is 9. The van der Waals surface area contributed by atoms with Gasteiger partial charge in [0.15, 0.2) is 0 Å². The number of halogens is 1. The van der Waals surface area contributed by atoms with E-state index in [1.54, 1.807) is 7.11 Å². The first-order valence-corrected chi connectivity index (χ1v) is 8.44. The Hall–Kier alpha value is -0.950. The zero-order chi connectivity index (χ0) is 15.7. The highest BCUT2D eigenvalue weighted by atomic mass is 35.5. The second-order valence-corrected chi connectivity index (χ2v) is 6.51. The molecule has 0 saturated heterocycles. The van der Waals surface area contributed by atoms with Crippen molar-refractivity contribution >= 4 is 34.8 Å². The summed E-state index contributed by atoms with van der Waals surface area (Å²) in [7, 11) is 2.46. The molecule has 2 N–H and O–H groups in total. The molecule has 1 aromatic rings. The molecule has 0 radical (unpaired) electrons. The van der Waals surface area contributed by atoms with Gasteiger partial charge < -0.3 is 15.4 Å².